The second kappa shape index (κ2) is 16.8. The van der Waals surface area contributed by atoms with E-state index in [0.29, 0.717) is 42.1 Å². The first-order valence-corrected chi connectivity index (χ1v) is 21.5. The van der Waals surface area contributed by atoms with Crippen LogP contribution in [0, 0.1) is 5.92 Å². The number of benzene rings is 2. The summed E-state index contributed by atoms with van der Waals surface area (Å²) in [4.78, 5) is 67.0. The van der Waals surface area contributed by atoms with Gasteiger partial charge < -0.3 is 24.8 Å². The van der Waals surface area contributed by atoms with Crippen LogP contribution in [0.15, 0.2) is 66.1 Å². The van der Waals surface area contributed by atoms with Crippen molar-refractivity contribution in [3.63, 3.8) is 0 Å². The number of piperazine rings is 2. The van der Waals surface area contributed by atoms with Gasteiger partial charge >= 0.3 is 0 Å². The van der Waals surface area contributed by atoms with Crippen molar-refractivity contribution in [2.45, 2.75) is 58.2 Å². The largest absolute Gasteiger partial charge is 0.491 e. The van der Waals surface area contributed by atoms with Crippen LogP contribution in [0.4, 0.5) is 11.5 Å². The van der Waals surface area contributed by atoms with Crippen LogP contribution in [0.2, 0.25) is 0 Å². The summed E-state index contributed by atoms with van der Waals surface area (Å²) in [6.45, 7) is 22.1. The highest BCUT2D eigenvalue weighted by Crippen LogP contribution is 2.33. The van der Waals surface area contributed by atoms with Crippen molar-refractivity contribution in [2.24, 2.45) is 10.9 Å². The Morgan fingerprint density at radius 2 is 1.47 bits per heavy atom. The first-order chi connectivity index (χ1) is 28.7. The molecule has 9 rings (SSSR count). The quantitative estimate of drug-likeness (QED) is 0.286. The van der Waals surface area contributed by atoms with Gasteiger partial charge in [-0.1, -0.05) is 12.6 Å². The molecule has 59 heavy (non-hydrogen) atoms. The van der Waals surface area contributed by atoms with Crippen molar-refractivity contribution in [1.29, 1.82) is 0 Å². The average molecular weight is 801 g/mol. The van der Waals surface area contributed by atoms with Crippen molar-refractivity contribution < 1.29 is 19.1 Å². The van der Waals surface area contributed by atoms with Crippen LogP contribution in [-0.4, -0.2) is 150 Å². The molecule has 14 nitrogen and oxygen atoms in total. The lowest BCUT2D eigenvalue weighted by atomic mass is 9.95. The Bertz CT molecular complexity index is 2130. The number of hydrogen-bond donors (Lipinski definition) is 1. The number of carbonyl (C=O) groups is 3. The minimum absolute atomic E-state index is 0.115. The van der Waals surface area contributed by atoms with Crippen LogP contribution in [0.3, 0.4) is 0 Å². The monoisotopic (exact) mass is 800 g/mol. The fourth-order valence-corrected chi connectivity index (χ4v) is 9.53. The average Bonchev–Trinajstić information content (AvgIpc) is 3.78. The Morgan fingerprint density at radius 1 is 0.763 bits per heavy atom. The maximum absolute atomic E-state index is 13.4. The summed E-state index contributed by atoms with van der Waals surface area (Å²) in [6, 6.07) is 13.1. The van der Waals surface area contributed by atoms with Gasteiger partial charge in [0.15, 0.2) is 0 Å². The third-order valence-corrected chi connectivity index (χ3v) is 12.9. The van der Waals surface area contributed by atoms with Gasteiger partial charge in [0, 0.05) is 108 Å². The molecular formula is C45H56N10O4. The standard InChI is InChI=1S/C45H56N10O4/c1-30(2)59-35-7-5-33-27-46-42(37(33)25-35)39-26-41(48-29-47-39)54-22-20-51(21-23-54)15-14-50-16-18-52(19-17-50)28-32-10-12-53(13-11-32)34-6-8-36-38(24-34)45(58)55(44(36)57)40-9-4-31(3)49-43(40)56/h5-8,24-26,29-30,32,40H,3-4,9-23,27-28H2,1-2H3,(H,49,56). The molecule has 1 unspecified atom stereocenters. The molecule has 310 valence electrons. The summed E-state index contributed by atoms with van der Waals surface area (Å²) in [5, 5.41) is 2.70. The van der Waals surface area contributed by atoms with Gasteiger partial charge in [-0.2, -0.15) is 0 Å². The molecule has 1 aromatic heterocycles. The summed E-state index contributed by atoms with van der Waals surface area (Å²) >= 11 is 0. The summed E-state index contributed by atoms with van der Waals surface area (Å²) < 4.78 is 5.96. The number of nitrogens with zero attached hydrogens (tertiary/aromatic N) is 9. The van der Waals surface area contributed by atoms with E-state index in [9.17, 15) is 14.4 Å². The molecule has 1 atom stereocenters. The Hall–Kier alpha value is -5.18. The maximum Gasteiger partial charge on any atom is 0.262 e. The molecule has 14 heteroatoms. The third-order valence-electron chi connectivity index (χ3n) is 12.9. The molecule has 6 aliphatic heterocycles. The lowest BCUT2D eigenvalue weighted by molar-refractivity contribution is -0.125. The number of fused-ring (bicyclic) bond motifs is 2. The number of aliphatic imine (C=N–C) groups is 1. The third kappa shape index (κ3) is 8.35. The number of hydrogen-bond acceptors (Lipinski definition) is 12. The number of aromatic nitrogens is 2. The molecule has 0 bridgehead atoms. The van der Waals surface area contributed by atoms with Crippen molar-refractivity contribution >= 4 is 34.9 Å². The number of anilines is 2. The van der Waals surface area contributed by atoms with Crippen LogP contribution < -0.4 is 19.9 Å². The summed E-state index contributed by atoms with van der Waals surface area (Å²) in [7, 11) is 0. The molecule has 0 radical (unpaired) electrons. The number of piperidine rings is 2. The van der Waals surface area contributed by atoms with Crippen LogP contribution in [0.25, 0.3) is 0 Å². The van der Waals surface area contributed by atoms with Crippen LogP contribution in [0.5, 0.6) is 5.75 Å². The second-order valence-corrected chi connectivity index (χ2v) is 17.2. The van der Waals surface area contributed by atoms with Crippen LogP contribution in [-0.2, 0) is 11.3 Å². The smallest absolute Gasteiger partial charge is 0.262 e. The van der Waals surface area contributed by atoms with Gasteiger partial charge in [0.05, 0.1) is 35.2 Å². The Balaban J connectivity index is 0.690. The molecule has 4 saturated heterocycles. The number of amides is 3. The predicted octanol–water partition coefficient (Wildman–Crippen LogP) is 3.66. The maximum atomic E-state index is 13.4. The van der Waals surface area contributed by atoms with Gasteiger partial charge in [0.1, 0.15) is 23.9 Å². The fourth-order valence-electron chi connectivity index (χ4n) is 9.53. The minimum Gasteiger partial charge on any atom is -0.491 e. The van der Waals surface area contributed by atoms with E-state index in [1.807, 2.05) is 32.0 Å². The molecule has 0 aliphatic carbocycles. The van der Waals surface area contributed by atoms with Gasteiger partial charge in [-0.05, 0) is 81.3 Å². The molecule has 0 saturated carbocycles. The number of rotatable bonds is 11. The normalized spacial score (nSPS) is 22.3. The molecule has 0 spiro atoms. The zero-order valence-corrected chi connectivity index (χ0v) is 34.4. The number of imide groups is 1. The van der Waals surface area contributed by atoms with E-state index in [1.54, 1.807) is 12.4 Å². The minimum atomic E-state index is -0.792. The zero-order chi connectivity index (χ0) is 40.6. The number of carbonyl (C=O) groups excluding carboxylic acids is 3. The molecule has 7 heterocycles. The van der Waals surface area contributed by atoms with E-state index in [0.717, 1.165) is 137 Å². The van der Waals surface area contributed by atoms with Crippen LogP contribution >= 0.6 is 0 Å². The van der Waals surface area contributed by atoms with E-state index >= 15 is 0 Å². The number of nitrogens with one attached hydrogen (secondary N) is 1. The predicted molar refractivity (Wildman–Crippen MR) is 227 cm³/mol. The van der Waals surface area contributed by atoms with Gasteiger partial charge in [0.2, 0.25) is 5.91 Å². The van der Waals surface area contributed by atoms with Crippen molar-refractivity contribution in [3.05, 3.63) is 89.0 Å². The molecule has 2 aromatic carbocycles. The highest BCUT2D eigenvalue weighted by molar-refractivity contribution is 6.23. The molecular weight excluding hydrogens is 745 g/mol. The zero-order valence-electron chi connectivity index (χ0n) is 34.4. The topological polar surface area (TPSA) is 130 Å². The lowest BCUT2D eigenvalue weighted by Gasteiger charge is -2.40. The molecule has 3 aromatic rings. The van der Waals surface area contributed by atoms with Gasteiger partial charge in [-0.25, -0.2) is 9.97 Å². The summed E-state index contributed by atoms with van der Waals surface area (Å²) in [6.07, 6.45) is 4.94. The first kappa shape index (κ1) is 39.3. The SMILES string of the molecule is C=C1CCC(N2C(=O)c3ccc(N4CCC(CN5CCN(CCN6CCN(c7cc(C8=NCc9ccc(OC(C)C)cc98)ncn7)CC6)CC5)CC4)cc3C2=O)C(=O)N1. The summed E-state index contributed by atoms with van der Waals surface area (Å²) in [5.41, 5.74) is 6.46. The van der Waals surface area contributed by atoms with Gasteiger partial charge in [-0.15, -0.1) is 0 Å². The van der Waals surface area contributed by atoms with Crippen molar-refractivity contribution in [3.8, 4) is 5.75 Å². The molecule has 3 amide bonds. The van der Waals surface area contributed by atoms with E-state index in [2.05, 4.69) is 64.6 Å². The van der Waals surface area contributed by atoms with E-state index in [-0.39, 0.29) is 23.8 Å². The fraction of sp³-hybridized carbons (Fsp3) is 0.511. The highest BCUT2D eigenvalue weighted by atomic mass is 16.5. The van der Waals surface area contributed by atoms with Crippen LogP contribution in [0.1, 0.15) is 77.1 Å². The van der Waals surface area contributed by atoms with Crippen molar-refractivity contribution in [2.75, 3.05) is 94.9 Å². The van der Waals surface area contributed by atoms with Gasteiger partial charge in [-0.3, -0.25) is 34.1 Å². The Kier molecular flexibility index (Phi) is 11.2. The molecule has 6 aliphatic rings. The van der Waals surface area contributed by atoms with Gasteiger partial charge in [0.25, 0.3) is 11.8 Å². The first-order valence-electron chi connectivity index (χ1n) is 21.5. The summed E-state index contributed by atoms with van der Waals surface area (Å²) in [5.74, 6) is 1.37. The lowest BCUT2D eigenvalue weighted by Crippen LogP contribution is -2.52. The Labute approximate surface area is 346 Å². The number of ether oxygens (including phenoxy) is 1. The van der Waals surface area contributed by atoms with E-state index < -0.39 is 6.04 Å². The highest BCUT2D eigenvalue weighted by Gasteiger charge is 2.44. The number of allylic oxidation sites excluding steroid dienone is 1. The van der Waals surface area contributed by atoms with E-state index in [1.165, 1.54) is 5.56 Å². The molecule has 4 fully saturated rings. The second-order valence-electron chi connectivity index (χ2n) is 17.2. The Morgan fingerprint density at radius 3 is 2.20 bits per heavy atom. The molecule has 1 N–H and O–H groups in total. The van der Waals surface area contributed by atoms with E-state index in [4.69, 9.17) is 9.73 Å². The van der Waals surface area contributed by atoms with Crippen molar-refractivity contribution in [1.82, 2.24) is 34.9 Å².